The Kier molecular flexibility index (Phi) is 3.46. The molecule has 0 aromatic carbocycles. The molecule has 1 aliphatic heterocycles. The summed E-state index contributed by atoms with van der Waals surface area (Å²) >= 11 is 0. The molecule has 1 rings (SSSR count). The average molecular weight is 201 g/mol. The Bertz CT molecular complexity index is 241. The highest BCUT2D eigenvalue weighted by Gasteiger charge is 2.31. The Balaban J connectivity index is 2.58. The number of ether oxygens (including phenoxy) is 1. The van der Waals surface area contributed by atoms with Crippen LogP contribution in [0.1, 0.15) is 13.3 Å². The summed E-state index contributed by atoms with van der Waals surface area (Å²) in [5, 5.41) is 8.53. The molecule has 0 aliphatic carbocycles. The molecule has 1 N–H and O–H groups in total. The maximum absolute atomic E-state index is 11.1. The minimum Gasteiger partial charge on any atom is -0.474 e. The largest absolute Gasteiger partial charge is 0.474 e. The fourth-order valence-electron chi connectivity index (χ4n) is 1.66. The number of carbonyl (C=O) groups excluding carboxylic acids is 1. The number of piperidine rings is 1. The van der Waals surface area contributed by atoms with Crippen molar-refractivity contribution in [3.8, 4) is 0 Å². The number of carboxylic acid groups (broad SMARTS) is 1. The van der Waals surface area contributed by atoms with Crippen molar-refractivity contribution in [2.24, 2.45) is 5.92 Å². The van der Waals surface area contributed by atoms with E-state index < -0.39 is 11.9 Å². The van der Waals surface area contributed by atoms with E-state index in [4.69, 9.17) is 9.84 Å². The number of carboxylic acids is 1. The van der Waals surface area contributed by atoms with Crippen molar-refractivity contribution in [1.29, 1.82) is 0 Å². The Hall–Kier alpha value is -1.10. The van der Waals surface area contributed by atoms with Gasteiger partial charge in [0.15, 0.2) is 0 Å². The highest BCUT2D eigenvalue weighted by Crippen LogP contribution is 2.19. The Morgan fingerprint density at radius 3 is 2.64 bits per heavy atom. The predicted octanol–water partition coefficient (Wildman–Crippen LogP) is -0.0456. The van der Waals surface area contributed by atoms with Crippen molar-refractivity contribution < 1.29 is 19.4 Å². The summed E-state index contributed by atoms with van der Waals surface area (Å²) in [7, 11) is 1.58. The van der Waals surface area contributed by atoms with Gasteiger partial charge in [-0.05, 0) is 12.3 Å². The Morgan fingerprint density at radius 2 is 2.14 bits per heavy atom. The van der Waals surface area contributed by atoms with E-state index in [1.54, 1.807) is 7.11 Å². The molecule has 0 bridgehead atoms. The number of rotatable bonds is 1. The van der Waals surface area contributed by atoms with E-state index in [-0.39, 0.29) is 6.10 Å². The molecule has 0 aromatic rings. The van der Waals surface area contributed by atoms with Gasteiger partial charge in [-0.1, -0.05) is 6.92 Å². The zero-order chi connectivity index (χ0) is 10.7. The summed E-state index contributed by atoms with van der Waals surface area (Å²) < 4.78 is 5.18. The quantitative estimate of drug-likeness (QED) is 0.604. The van der Waals surface area contributed by atoms with Crippen LogP contribution in [0.2, 0.25) is 0 Å². The molecular formula is C9H15NO4. The van der Waals surface area contributed by atoms with Gasteiger partial charge in [-0.2, -0.15) is 0 Å². The number of likely N-dealkylation sites (tertiary alicyclic amines) is 1. The molecule has 1 fully saturated rings. The molecule has 5 nitrogen and oxygen atoms in total. The third-order valence-corrected chi connectivity index (χ3v) is 2.66. The van der Waals surface area contributed by atoms with Crippen LogP contribution in [0.3, 0.4) is 0 Å². The Morgan fingerprint density at radius 1 is 1.50 bits per heavy atom. The van der Waals surface area contributed by atoms with Crippen molar-refractivity contribution in [2.75, 3.05) is 20.2 Å². The number of nitrogens with zero attached hydrogens (tertiary/aromatic N) is 1. The molecular weight excluding hydrogens is 186 g/mol. The third kappa shape index (κ3) is 2.23. The smallest absolute Gasteiger partial charge is 0.394 e. The van der Waals surface area contributed by atoms with Crippen molar-refractivity contribution >= 4 is 11.9 Å². The van der Waals surface area contributed by atoms with Gasteiger partial charge in [-0.3, -0.25) is 4.79 Å². The van der Waals surface area contributed by atoms with Gasteiger partial charge in [-0.15, -0.1) is 0 Å². The third-order valence-electron chi connectivity index (χ3n) is 2.66. The van der Waals surface area contributed by atoms with Crippen LogP contribution in [0, 0.1) is 5.92 Å². The first kappa shape index (κ1) is 11.0. The highest BCUT2D eigenvalue weighted by molar-refractivity contribution is 6.31. The van der Waals surface area contributed by atoms with Gasteiger partial charge >= 0.3 is 11.9 Å². The van der Waals surface area contributed by atoms with Crippen molar-refractivity contribution in [3.05, 3.63) is 0 Å². The first-order valence-corrected chi connectivity index (χ1v) is 4.61. The topological polar surface area (TPSA) is 66.8 Å². The van der Waals surface area contributed by atoms with Crippen LogP contribution in [0.25, 0.3) is 0 Å². The number of amides is 1. The second kappa shape index (κ2) is 4.41. The number of hydrogen-bond donors (Lipinski definition) is 1. The maximum Gasteiger partial charge on any atom is 0.394 e. The summed E-state index contributed by atoms with van der Waals surface area (Å²) in [5.41, 5.74) is 0. The molecule has 80 valence electrons. The van der Waals surface area contributed by atoms with Crippen LogP contribution < -0.4 is 0 Å². The summed E-state index contributed by atoms with van der Waals surface area (Å²) in [6.07, 6.45) is 0.740. The van der Waals surface area contributed by atoms with Crippen molar-refractivity contribution in [3.63, 3.8) is 0 Å². The molecule has 1 saturated heterocycles. The fourth-order valence-corrected chi connectivity index (χ4v) is 1.66. The van der Waals surface area contributed by atoms with Crippen LogP contribution in [-0.2, 0) is 14.3 Å². The van der Waals surface area contributed by atoms with E-state index in [0.717, 1.165) is 6.42 Å². The molecule has 1 heterocycles. The van der Waals surface area contributed by atoms with E-state index in [9.17, 15) is 9.59 Å². The zero-order valence-electron chi connectivity index (χ0n) is 8.40. The highest BCUT2D eigenvalue weighted by atomic mass is 16.5. The molecule has 5 heteroatoms. The summed E-state index contributed by atoms with van der Waals surface area (Å²) in [5.74, 6) is -1.86. The molecule has 2 unspecified atom stereocenters. The van der Waals surface area contributed by atoms with E-state index >= 15 is 0 Å². The summed E-state index contributed by atoms with van der Waals surface area (Å²) in [6.45, 7) is 2.92. The molecule has 0 radical (unpaired) electrons. The first-order valence-electron chi connectivity index (χ1n) is 4.61. The molecule has 0 saturated carbocycles. The lowest BCUT2D eigenvalue weighted by Gasteiger charge is -2.35. The maximum atomic E-state index is 11.1. The normalized spacial score (nSPS) is 27.4. The summed E-state index contributed by atoms with van der Waals surface area (Å²) in [4.78, 5) is 22.9. The zero-order valence-corrected chi connectivity index (χ0v) is 8.40. The molecule has 1 amide bonds. The van der Waals surface area contributed by atoms with E-state index in [2.05, 4.69) is 0 Å². The van der Waals surface area contributed by atoms with Crippen molar-refractivity contribution in [2.45, 2.75) is 19.4 Å². The second-order valence-electron chi connectivity index (χ2n) is 3.60. The SMILES string of the molecule is COC1CN(C(=O)C(=O)O)CCC1C. The minimum atomic E-state index is -1.39. The van der Waals surface area contributed by atoms with Gasteiger partial charge in [0.25, 0.3) is 0 Å². The number of aliphatic carboxylic acids is 1. The van der Waals surface area contributed by atoms with Crippen LogP contribution in [0.15, 0.2) is 0 Å². The van der Waals surface area contributed by atoms with Gasteiger partial charge in [-0.25, -0.2) is 4.79 Å². The second-order valence-corrected chi connectivity index (χ2v) is 3.60. The van der Waals surface area contributed by atoms with E-state index in [1.807, 2.05) is 6.92 Å². The first-order chi connectivity index (χ1) is 6.56. The van der Waals surface area contributed by atoms with Gasteiger partial charge in [0.05, 0.1) is 6.10 Å². The minimum absolute atomic E-state index is 0.0490. The summed E-state index contributed by atoms with van der Waals surface area (Å²) in [6, 6.07) is 0. The van der Waals surface area contributed by atoms with Gasteiger partial charge < -0.3 is 14.7 Å². The lowest BCUT2D eigenvalue weighted by Crippen LogP contribution is -2.48. The number of methoxy groups -OCH3 is 1. The van der Waals surface area contributed by atoms with Gasteiger partial charge in [0, 0.05) is 20.2 Å². The van der Waals surface area contributed by atoms with E-state index in [0.29, 0.717) is 19.0 Å². The monoisotopic (exact) mass is 201 g/mol. The molecule has 1 aliphatic rings. The van der Waals surface area contributed by atoms with Crippen LogP contribution in [-0.4, -0.2) is 48.2 Å². The van der Waals surface area contributed by atoms with Gasteiger partial charge in [0.1, 0.15) is 0 Å². The lowest BCUT2D eigenvalue weighted by molar-refractivity contribution is -0.158. The molecule has 0 aromatic heterocycles. The standard InChI is InChI=1S/C9H15NO4/c1-6-3-4-10(5-7(6)14-2)8(11)9(12)13/h6-7H,3-5H2,1-2H3,(H,12,13). The lowest BCUT2D eigenvalue weighted by atomic mass is 9.96. The molecule has 14 heavy (non-hydrogen) atoms. The predicted molar refractivity (Wildman–Crippen MR) is 48.8 cm³/mol. The van der Waals surface area contributed by atoms with Gasteiger partial charge in [0.2, 0.25) is 0 Å². The fraction of sp³-hybridized carbons (Fsp3) is 0.778. The average Bonchev–Trinajstić information content (AvgIpc) is 2.17. The molecule has 0 spiro atoms. The number of hydrogen-bond acceptors (Lipinski definition) is 3. The van der Waals surface area contributed by atoms with Crippen LogP contribution in [0.5, 0.6) is 0 Å². The van der Waals surface area contributed by atoms with E-state index in [1.165, 1.54) is 4.90 Å². The number of carbonyl (C=O) groups is 2. The molecule has 2 atom stereocenters. The van der Waals surface area contributed by atoms with Crippen molar-refractivity contribution in [1.82, 2.24) is 4.90 Å². The van der Waals surface area contributed by atoms with Crippen LogP contribution in [0.4, 0.5) is 0 Å². The van der Waals surface area contributed by atoms with Crippen LogP contribution >= 0.6 is 0 Å². The Labute approximate surface area is 82.6 Å².